The van der Waals surface area contributed by atoms with Gasteiger partial charge in [0, 0.05) is 11.1 Å². The maximum atomic E-state index is 14.9. The molecule has 0 saturated heterocycles. The molecular weight excluding hydrogens is 593 g/mol. The van der Waals surface area contributed by atoms with E-state index in [4.69, 9.17) is 14.9 Å². The smallest absolute Gasteiger partial charge is 0.416 e. The van der Waals surface area contributed by atoms with Gasteiger partial charge in [0.25, 0.3) is 11.8 Å². The van der Waals surface area contributed by atoms with Gasteiger partial charge in [-0.3, -0.25) is 9.59 Å². The number of carbonyl (C=O) groups excluding carboxylic acids is 2. The Labute approximate surface area is 225 Å². The van der Waals surface area contributed by atoms with Crippen LogP contribution in [0.3, 0.4) is 0 Å². The summed E-state index contributed by atoms with van der Waals surface area (Å²) in [5.41, 5.74) is 3.83. The molecule has 202 valence electrons. The first-order chi connectivity index (χ1) is 18.5. The molecule has 0 unspecified atom stereocenters. The molecule has 3 N–H and O–H groups in total. The number of aromatic nitrogens is 1. The fraction of sp³-hybridized carbons (Fsp3) is 0.115. The second-order valence-electron chi connectivity index (χ2n) is 8.03. The summed E-state index contributed by atoms with van der Waals surface area (Å²) in [6, 6.07) is 13.9. The second kappa shape index (κ2) is 11.2. The Morgan fingerprint density at radius 3 is 2.31 bits per heavy atom. The SMILES string of the molecule is NC(=O)c1c(F)ccc(O[C@@H](CNC(=O)c2ccccc2)c2nc(-c3ccc(C(F)(F)F)cc3)c(Br)o2)c1F. The van der Waals surface area contributed by atoms with Gasteiger partial charge in [0.2, 0.25) is 5.89 Å². The van der Waals surface area contributed by atoms with Gasteiger partial charge >= 0.3 is 6.18 Å². The van der Waals surface area contributed by atoms with Crippen molar-refractivity contribution in [3.8, 4) is 17.0 Å². The number of nitrogens with zero attached hydrogens (tertiary/aromatic N) is 1. The number of oxazole rings is 1. The highest BCUT2D eigenvalue weighted by Crippen LogP contribution is 2.35. The normalized spacial score (nSPS) is 12.2. The molecule has 13 heteroatoms. The Hall–Kier alpha value is -4.26. The lowest BCUT2D eigenvalue weighted by Crippen LogP contribution is -2.31. The molecule has 0 radical (unpaired) electrons. The minimum Gasteiger partial charge on any atom is -0.476 e. The van der Waals surface area contributed by atoms with Gasteiger partial charge in [-0.15, -0.1) is 0 Å². The minimum absolute atomic E-state index is 0.0117. The maximum absolute atomic E-state index is 14.9. The van der Waals surface area contributed by atoms with Crippen molar-refractivity contribution in [2.24, 2.45) is 5.73 Å². The fourth-order valence-corrected chi connectivity index (χ4v) is 3.99. The minimum atomic E-state index is -4.54. The molecule has 0 aliphatic rings. The molecule has 1 aromatic heterocycles. The molecule has 1 heterocycles. The van der Waals surface area contributed by atoms with E-state index in [0.717, 1.165) is 24.3 Å². The molecule has 4 aromatic rings. The lowest BCUT2D eigenvalue weighted by atomic mass is 10.1. The van der Waals surface area contributed by atoms with Gasteiger partial charge in [0.15, 0.2) is 22.3 Å². The summed E-state index contributed by atoms with van der Waals surface area (Å²) >= 11 is 3.16. The number of alkyl halides is 3. The van der Waals surface area contributed by atoms with Gasteiger partial charge in [0.1, 0.15) is 17.1 Å². The zero-order valence-electron chi connectivity index (χ0n) is 19.6. The molecule has 1 atom stereocenters. The van der Waals surface area contributed by atoms with Gasteiger partial charge in [-0.1, -0.05) is 30.3 Å². The second-order valence-corrected chi connectivity index (χ2v) is 8.75. The third-order valence-electron chi connectivity index (χ3n) is 5.42. The summed E-state index contributed by atoms with van der Waals surface area (Å²) in [6.07, 6.45) is -5.87. The molecule has 0 aliphatic carbocycles. The van der Waals surface area contributed by atoms with Crippen LogP contribution in [0.5, 0.6) is 5.75 Å². The van der Waals surface area contributed by atoms with Crippen LogP contribution in [-0.2, 0) is 6.18 Å². The molecule has 3 aromatic carbocycles. The highest BCUT2D eigenvalue weighted by molar-refractivity contribution is 9.10. The monoisotopic (exact) mass is 609 g/mol. The van der Waals surface area contributed by atoms with Crippen molar-refractivity contribution < 1.29 is 40.7 Å². The fourth-order valence-electron chi connectivity index (χ4n) is 3.51. The molecule has 0 bridgehead atoms. The van der Waals surface area contributed by atoms with E-state index in [9.17, 15) is 31.5 Å². The van der Waals surface area contributed by atoms with Crippen molar-refractivity contribution in [1.29, 1.82) is 0 Å². The molecule has 7 nitrogen and oxygen atoms in total. The van der Waals surface area contributed by atoms with Crippen molar-refractivity contribution >= 4 is 27.7 Å². The van der Waals surface area contributed by atoms with Crippen molar-refractivity contribution in [3.63, 3.8) is 0 Å². The Balaban J connectivity index is 1.68. The third kappa shape index (κ3) is 6.25. The number of nitrogens with two attached hydrogens (primary N) is 1. The molecule has 2 amide bonds. The van der Waals surface area contributed by atoms with Crippen LogP contribution < -0.4 is 15.8 Å². The van der Waals surface area contributed by atoms with Crippen LogP contribution in [0.25, 0.3) is 11.3 Å². The van der Waals surface area contributed by atoms with Crippen LogP contribution >= 0.6 is 15.9 Å². The quantitative estimate of drug-likeness (QED) is 0.236. The van der Waals surface area contributed by atoms with Gasteiger partial charge in [0.05, 0.1) is 12.1 Å². The highest BCUT2D eigenvalue weighted by atomic mass is 79.9. The van der Waals surface area contributed by atoms with Crippen molar-refractivity contribution in [2.75, 3.05) is 6.54 Å². The Morgan fingerprint density at radius 2 is 1.69 bits per heavy atom. The number of nitrogens with one attached hydrogen (secondary N) is 1. The van der Waals surface area contributed by atoms with Gasteiger partial charge in [-0.25, -0.2) is 13.8 Å². The van der Waals surface area contributed by atoms with E-state index < -0.39 is 52.6 Å². The van der Waals surface area contributed by atoms with E-state index >= 15 is 0 Å². The van der Waals surface area contributed by atoms with E-state index in [2.05, 4.69) is 26.2 Å². The van der Waals surface area contributed by atoms with Gasteiger partial charge in [-0.2, -0.15) is 13.2 Å². The number of hydrogen-bond acceptors (Lipinski definition) is 5. The Morgan fingerprint density at radius 1 is 1.03 bits per heavy atom. The Kier molecular flexibility index (Phi) is 8.00. The van der Waals surface area contributed by atoms with E-state index in [-0.39, 0.29) is 28.4 Å². The summed E-state index contributed by atoms with van der Waals surface area (Å²) in [4.78, 5) is 28.4. The lowest BCUT2D eigenvalue weighted by Gasteiger charge is -2.18. The molecule has 0 saturated carbocycles. The zero-order chi connectivity index (χ0) is 28.3. The van der Waals surface area contributed by atoms with Crippen LogP contribution in [0.2, 0.25) is 0 Å². The summed E-state index contributed by atoms with van der Waals surface area (Å²) in [5.74, 6) is -5.27. The first kappa shape index (κ1) is 27.8. The van der Waals surface area contributed by atoms with Crippen LogP contribution in [-0.4, -0.2) is 23.3 Å². The van der Waals surface area contributed by atoms with Gasteiger partial charge in [-0.05, 0) is 52.3 Å². The van der Waals surface area contributed by atoms with E-state index in [1.54, 1.807) is 30.3 Å². The van der Waals surface area contributed by atoms with Crippen molar-refractivity contribution in [1.82, 2.24) is 10.3 Å². The topological polar surface area (TPSA) is 107 Å². The number of primary amides is 1. The van der Waals surface area contributed by atoms with E-state index in [1.165, 1.54) is 12.1 Å². The number of ether oxygens (including phenoxy) is 1. The number of amides is 2. The van der Waals surface area contributed by atoms with Crippen LogP contribution in [0, 0.1) is 11.6 Å². The molecule has 39 heavy (non-hydrogen) atoms. The van der Waals surface area contributed by atoms with Crippen LogP contribution in [0.15, 0.2) is 75.8 Å². The van der Waals surface area contributed by atoms with E-state index in [0.29, 0.717) is 5.56 Å². The summed E-state index contributed by atoms with van der Waals surface area (Å²) in [6.45, 7) is -0.337. The number of carbonyl (C=O) groups is 2. The maximum Gasteiger partial charge on any atom is 0.416 e. The predicted octanol–water partition coefficient (Wildman–Crippen LogP) is 6.05. The molecular formula is C26H17BrF5N3O4. The zero-order valence-corrected chi connectivity index (χ0v) is 21.1. The first-order valence-corrected chi connectivity index (χ1v) is 11.9. The molecule has 0 spiro atoms. The molecule has 0 fully saturated rings. The first-order valence-electron chi connectivity index (χ1n) is 11.1. The summed E-state index contributed by atoms with van der Waals surface area (Å²) < 4.78 is 79.0. The van der Waals surface area contributed by atoms with Crippen molar-refractivity contribution in [2.45, 2.75) is 12.3 Å². The predicted molar refractivity (Wildman–Crippen MR) is 132 cm³/mol. The standard InChI is InChI=1S/C26H17BrF5N3O4/c27-22-21(13-6-8-15(9-7-13)26(30,31)32)35-25(39-22)18(12-34-24(37)14-4-2-1-3-5-14)38-17-11-10-16(28)19(20(17)29)23(33)36/h1-11,18H,12H2,(H2,33,36)(H,34,37)/t18-/m0/s1. The van der Waals surface area contributed by atoms with Gasteiger partial charge < -0.3 is 20.2 Å². The molecule has 4 rings (SSSR count). The number of halogens is 6. The number of hydrogen-bond donors (Lipinski definition) is 2. The molecule has 0 aliphatic heterocycles. The summed E-state index contributed by atoms with van der Waals surface area (Å²) in [5, 5.41) is 2.59. The Bertz CT molecular complexity index is 1510. The third-order valence-corrected chi connectivity index (χ3v) is 5.96. The lowest BCUT2D eigenvalue weighted by molar-refractivity contribution is -0.137. The summed E-state index contributed by atoms with van der Waals surface area (Å²) in [7, 11) is 0. The largest absolute Gasteiger partial charge is 0.476 e. The van der Waals surface area contributed by atoms with Crippen molar-refractivity contribution in [3.05, 3.63) is 106 Å². The van der Waals surface area contributed by atoms with E-state index in [1.807, 2.05) is 0 Å². The average Bonchev–Trinajstić information content (AvgIpc) is 3.28. The number of rotatable bonds is 8. The average molecular weight is 610 g/mol. The van der Waals surface area contributed by atoms with Crippen LogP contribution in [0.4, 0.5) is 22.0 Å². The number of benzene rings is 3. The highest BCUT2D eigenvalue weighted by Gasteiger charge is 2.31. The van der Waals surface area contributed by atoms with Crippen LogP contribution in [0.1, 0.15) is 38.3 Å².